The average molecular weight is 207 g/mol. The molecule has 82 valence electrons. The third-order valence-corrected chi connectivity index (χ3v) is 3.09. The molecule has 0 spiro atoms. The molecule has 0 aromatic carbocycles. The van der Waals surface area contributed by atoms with Gasteiger partial charge in [-0.2, -0.15) is 5.10 Å². The topological polar surface area (TPSA) is 38.1 Å². The molecule has 1 amide bonds. The van der Waals surface area contributed by atoms with Crippen molar-refractivity contribution in [2.45, 2.75) is 33.2 Å². The molecule has 15 heavy (non-hydrogen) atoms. The number of fused-ring (bicyclic) bond motifs is 1. The fourth-order valence-corrected chi connectivity index (χ4v) is 2.09. The highest BCUT2D eigenvalue weighted by molar-refractivity contribution is 5.97. The Morgan fingerprint density at radius 1 is 1.40 bits per heavy atom. The predicted molar refractivity (Wildman–Crippen MR) is 57.8 cm³/mol. The van der Waals surface area contributed by atoms with Crippen molar-refractivity contribution in [3.8, 4) is 0 Å². The SMILES string of the molecule is Cc1c2c(nn1C)CCN(C(C)C)C2=O. The number of carbonyl (C=O) groups is 1. The molecule has 1 aliphatic heterocycles. The van der Waals surface area contributed by atoms with Crippen molar-refractivity contribution >= 4 is 5.91 Å². The standard InChI is InChI=1S/C11H17N3O/c1-7(2)14-6-5-9-10(11(14)15)8(3)13(4)12-9/h7H,5-6H2,1-4H3. The van der Waals surface area contributed by atoms with Crippen molar-refractivity contribution < 1.29 is 4.79 Å². The van der Waals surface area contributed by atoms with Crippen molar-refractivity contribution in [1.29, 1.82) is 0 Å². The molecule has 0 saturated carbocycles. The molecular formula is C11H17N3O. The zero-order valence-corrected chi connectivity index (χ0v) is 9.74. The quantitative estimate of drug-likeness (QED) is 0.692. The van der Waals surface area contributed by atoms with Crippen molar-refractivity contribution in [2.24, 2.45) is 7.05 Å². The Balaban J connectivity index is 2.45. The highest BCUT2D eigenvalue weighted by Crippen LogP contribution is 2.22. The summed E-state index contributed by atoms with van der Waals surface area (Å²) in [5.41, 5.74) is 2.75. The van der Waals surface area contributed by atoms with Crippen LogP contribution in [0.1, 0.15) is 35.6 Å². The lowest BCUT2D eigenvalue weighted by Crippen LogP contribution is -2.42. The van der Waals surface area contributed by atoms with E-state index in [1.807, 2.05) is 18.9 Å². The highest BCUT2D eigenvalue weighted by atomic mass is 16.2. The summed E-state index contributed by atoms with van der Waals surface area (Å²) in [7, 11) is 1.89. The molecule has 1 aromatic heterocycles. The van der Waals surface area contributed by atoms with Gasteiger partial charge in [0, 0.05) is 31.7 Å². The number of hydrogen-bond acceptors (Lipinski definition) is 2. The lowest BCUT2D eigenvalue weighted by atomic mass is 10.0. The van der Waals surface area contributed by atoms with E-state index >= 15 is 0 Å². The third kappa shape index (κ3) is 1.44. The third-order valence-electron chi connectivity index (χ3n) is 3.09. The minimum Gasteiger partial charge on any atom is -0.336 e. The molecular weight excluding hydrogens is 190 g/mol. The molecule has 0 saturated heterocycles. The Kier molecular flexibility index (Phi) is 2.29. The second-order valence-corrected chi connectivity index (χ2v) is 4.37. The molecule has 2 rings (SSSR count). The lowest BCUT2D eigenvalue weighted by molar-refractivity contribution is 0.0687. The van der Waals surface area contributed by atoms with Crippen LogP contribution in [0.4, 0.5) is 0 Å². The Labute approximate surface area is 89.9 Å². The first-order valence-electron chi connectivity index (χ1n) is 5.35. The van der Waals surface area contributed by atoms with Gasteiger partial charge in [-0.15, -0.1) is 0 Å². The fraction of sp³-hybridized carbons (Fsp3) is 0.636. The van der Waals surface area contributed by atoms with E-state index in [2.05, 4.69) is 18.9 Å². The van der Waals surface area contributed by atoms with Gasteiger partial charge in [-0.3, -0.25) is 9.48 Å². The van der Waals surface area contributed by atoms with Crippen LogP contribution >= 0.6 is 0 Å². The molecule has 1 aromatic rings. The van der Waals surface area contributed by atoms with Gasteiger partial charge in [0.2, 0.25) is 0 Å². The van der Waals surface area contributed by atoms with Crippen LogP contribution in [0.3, 0.4) is 0 Å². The maximum absolute atomic E-state index is 12.2. The van der Waals surface area contributed by atoms with E-state index in [1.165, 1.54) is 0 Å². The molecule has 0 unspecified atom stereocenters. The Morgan fingerprint density at radius 3 is 2.67 bits per heavy atom. The number of hydrogen-bond donors (Lipinski definition) is 0. The molecule has 0 N–H and O–H groups in total. The summed E-state index contributed by atoms with van der Waals surface area (Å²) in [4.78, 5) is 14.1. The van der Waals surface area contributed by atoms with E-state index in [4.69, 9.17) is 0 Å². The molecule has 4 heteroatoms. The highest BCUT2D eigenvalue weighted by Gasteiger charge is 2.30. The maximum atomic E-state index is 12.2. The first kappa shape index (κ1) is 10.2. The minimum atomic E-state index is 0.136. The van der Waals surface area contributed by atoms with E-state index in [0.717, 1.165) is 29.9 Å². The summed E-state index contributed by atoms with van der Waals surface area (Å²) >= 11 is 0. The van der Waals surface area contributed by atoms with Gasteiger partial charge in [0.1, 0.15) is 0 Å². The van der Waals surface area contributed by atoms with E-state index in [1.54, 1.807) is 4.68 Å². The lowest BCUT2D eigenvalue weighted by Gasteiger charge is -2.30. The molecule has 0 atom stereocenters. The van der Waals surface area contributed by atoms with Crippen LogP contribution in [-0.4, -0.2) is 33.2 Å². The van der Waals surface area contributed by atoms with Crippen LogP contribution in [0, 0.1) is 6.92 Å². The van der Waals surface area contributed by atoms with Crippen LogP contribution in [0.2, 0.25) is 0 Å². The number of aryl methyl sites for hydroxylation is 1. The number of aromatic nitrogens is 2. The van der Waals surface area contributed by atoms with Gasteiger partial charge in [0.05, 0.1) is 11.3 Å². The molecule has 1 aliphatic rings. The summed E-state index contributed by atoms with van der Waals surface area (Å²) in [6.07, 6.45) is 0.876. The fourth-order valence-electron chi connectivity index (χ4n) is 2.09. The van der Waals surface area contributed by atoms with Crippen LogP contribution in [0.15, 0.2) is 0 Å². The molecule has 0 aliphatic carbocycles. The Hall–Kier alpha value is -1.32. The van der Waals surface area contributed by atoms with E-state index < -0.39 is 0 Å². The van der Waals surface area contributed by atoms with E-state index in [0.29, 0.717) is 0 Å². The second kappa shape index (κ2) is 3.36. The van der Waals surface area contributed by atoms with Crippen LogP contribution < -0.4 is 0 Å². The first-order chi connectivity index (χ1) is 7.02. The van der Waals surface area contributed by atoms with Gasteiger partial charge >= 0.3 is 0 Å². The predicted octanol–water partition coefficient (Wildman–Crippen LogP) is 1.14. The van der Waals surface area contributed by atoms with Crippen LogP contribution in [0.5, 0.6) is 0 Å². The largest absolute Gasteiger partial charge is 0.336 e. The molecule has 0 bridgehead atoms. The van der Waals surface area contributed by atoms with Gasteiger partial charge in [-0.25, -0.2) is 0 Å². The number of rotatable bonds is 1. The Bertz CT molecular complexity index is 406. The smallest absolute Gasteiger partial charge is 0.257 e. The number of amides is 1. The van der Waals surface area contributed by atoms with Crippen LogP contribution in [-0.2, 0) is 13.5 Å². The van der Waals surface area contributed by atoms with Gasteiger partial charge in [0.15, 0.2) is 0 Å². The molecule has 0 fully saturated rings. The van der Waals surface area contributed by atoms with Crippen LogP contribution in [0.25, 0.3) is 0 Å². The summed E-state index contributed by atoms with van der Waals surface area (Å²) in [5, 5.41) is 4.36. The van der Waals surface area contributed by atoms with Gasteiger partial charge in [-0.05, 0) is 20.8 Å². The van der Waals surface area contributed by atoms with Crippen molar-refractivity contribution in [1.82, 2.24) is 14.7 Å². The van der Waals surface area contributed by atoms with E-state index in [9.17, 15) is 4.79 Å². The Morgan fingerprint density at radius 2 is 2.07 bits per heavy atom. The second-order valence-electron chi connectivity index (χ2n) is 4.37. The monoisotopic (exact) mass is 207 g/mol. The van der Waals surface area contributed by atoms with Gasteiger partial charge < -0.3 is 4.90 Å². The minimum absolute atomic E-state index is 0.136. The average Bonchev–Trinajstić information content (AvgIpc) is 2.43. The number of carbonyl (C=O) groups excluding carboxylic acids is 1. The summed E-state index contributed by atoms with van der Waals surface area (Å²) in [6.45, 7) is 6.84. The van der Waals surface area contributed by atoms with Crippen molar-refractivity contribution in [2.75, 3.05) is 6.54 Å². The molecule has 2 heterocycles. The molecule has 4 nitrogen and oxygen atoms in total. The summed E-state index contributed by atoms with van der Waals surface area (Å²) in [5.74, 6) is 0.136. The summed E-state index contributed by atoms with van der Waals surface area (Å²) in [6, 6.07) is 0.269. The molecule has 0 radical (unpaired) electrons. The number of nitrogens with zero attached hydrogens (tertiary/aromatic N) is 3. The van der Waals surface area contributed by atoms with Crippen molar-refractivity contribution in [3.63, 3.8) is 0 Å². The van der Waals surface area contributed by atoms with Crippen molar-refractivity contribution in [3.05, 3.63) is 17.0 Å². The first-order valence-corrected chi connectivity index (χ1v) is 5.35. The zero-order chi connectivity index (χ0) is 11.2. The maximum Gasteiger partial charge on any atom is 0.257 e. The van der Waals surface area contributed by atoms with Gasteiger partial charge in [0.25, 0.3) is 5.91 Å². The summed E-state index contributed by atoms with van der Waals surface area (Å²) < 4.78 is 1.80. The zero-order valence-electron chi connectivity index (χ0n) is 9.74. The van der Waals surface area contributed by atoms with Gasteiger partial charge in [-0.1, -0.05) is 0 Å². The van der Waals surface area contributed by atoms with E-state index in [-0.39, 0.29) is 11.9 Å². The normalized spacial score (nSPS) is 16.1.